The summed E-state index contributed by atoms with van der Waals surface area (Å²) >= 11 is 0. The Kier molecular flexibility index (Phi) is 6.62. The van der Waals surface area contributed by atoms with Crippen molar-refractivity contribution < 1.29 is 31.8 Å². The molecule has 0 saturated carbocycles. The first-order valence-electron chi connectivity index (χ1n) is 11.0. The fraction of sp³-hybridized carbons (Fsp3) is 0.222. The maximum Gasteiger partial charge on any atom is 0.456 e. The third-order valence-corrected chi connectivity index (χ3v) is 5.55. The molecule has 0 aliphatic rings. The first-order chi connectivity index (χ1) is 16.8. The van der Waals surface area contributed by atoms with Gasteiger partial charge in [-0.2, -0.15) is 22.0 Å². The molecule has 0 radical (unpaired) electrons. The van der Waals surface area contributed by atoms with Crippen molar-refractivity contribution in [2.45, 2.75) is 31.5 Å². The van der Waals surface area contributed by atoms with Crippen molar-refractivity contribution in [2.75, 3.05) is 6.61 Å². The molecule has 0 fully saturated rings. The van der Waals surface area contributed by atoms with E-state index >= 15 is 0 Å². The van der Waals surface area contributed by atoms with Gasteiger partial charge in [0.25, 0.3) is 0 Å². The molecule has 9 heteroatoms. The minimum atomic E-state index is -5.66. The van der Waals surface area contributed by atoms with Crippen LogP contribution in [0.15, 0.2) is 66.7 Å². The number of ether oxygens (including phenoxy) is 1. The van der Waals surface area contributed by atoms with E-state index in [0.717, 1.165) is 27.7 Å². The fourth-order valence-electron chi connectivity index (χ4n) is 3.65. The highest BCUT2D eigenvalue weighted by Crippen LogP contribution is 2.36. The Labute approximate surface area is 204 Å². The third-order valence-electron chi connectivity index (χ3n) is 5.55. The number of imidazole rings is 1. The molecule has 0 bridgehead atoms. The van der Waals surface area contributed by atoms with Gasteiger partial charge in [0.05, 0.1) is 16.6 Å². The Morgan fingerprint density at radius 1 is 0.917 bits per heavy atom. The first-order valence-corrected chi connectivity index (χ1v) is 11.0. The van der Waals surface area contributed by atoms with Gasteiger partial charge < -0.3 is 14.8 Å². The van der Waals surface area contributed by atoms with E-state index in [9.17, 15) is 27.1 Å². The van der Waals surface area contributed by atoms with Crippen LogP contribution in [0.25, 0.3) is 34.3 Å². The van der Waals surface area contributed by atoms with Crippen LogP contribution in [0.4, 0.5) is 22.0 Å². The second kappa shape index (κ2) is 9.39. The zero-order valence-electron chi connectivity index (χ0n) is 19.4. The zero-order chi connectivity index (χ0) is 26.1. The number of aromatic amines is 1. The average Bonchev–Trinajstić information content (AvgIpc) is 3.23. The Morgan fingerprint density at radius 2 is 1.61 bits per heavy atom. The number of H-pyrrole nitrogens is 1. The molecular weight excluding hydrogens is 479 g/mol. The number of aliphatic hydroxyl groups is 1. The number of hydrogen-bond donors (Lipinski definition) is 2. The number of nitrogens with one attached hydrogen (secondary N) is 1. The van der Waals surface area contributed by atoms with Crippen molar-refractivity contribution in [1.29, 1.82) is 0 Å². The number of hydrogen-bond acceptors (Lipinski definition) is 3. The van der Waals surface area contributed by atoms with Crippen LogP contribution in [-0.4, -0.2) is 33.8 Å². The predicted octanol–water partition coefficient (Wildman–Crippen LogP) is 7.20. The summed E-state index contributed by atoms with van der Waals surface area (Å²) < 4.78 is 67.4. The maximum absolute atomic E-state index is 13.0. The highest BCUT2D eigenvalue weighted by atomic mass is 19.4. The number of fused-ring (bicyclic) bond motifs is 1. The molecule has 0 aliphatic heterocycles. The zero-order valence-corrected chi connectivity index (χ0v) is 19.4. The quantitative estimate of drug-likeness (QED) is 0.263. The van der Waals surface area contributed by atoms with E-state index in [-0.39, 0.29) is 5.75 Å². The minimum Gasteiger partial charge on any atom is -0.487 e. The average molecular weight is 502 g/mol. The van der Waals surface area contributed by atoms with Crippen LogP contribution in [-0.2, 0) is 5.60 Å². The molecule has 4 rings (SSSR count). The molecule has 188 valence electrons. The molecule has 1 heterocycles. The summed E-state index contributed by atoms with van der Waals surface area (Å²) in [5.41, 5.74) is 3.84. The van der Waals surface area contributed by atoms with E-state index in [2.05, 4.69) is 14.7 Å². The molecular formula is C27H23F5N2O2. The van der Waals surface area contributed by atoms with Crippen molar-refractivity contribution in [3.8, 4) is 16.9 Å². The molecule has 0 spiro atoms. The molecule has 3 aromatic carbocycles. The highest BCUT2D eigenvalue weighted by Gasteiger charge is 2.58. The second-order valence-corrected chi connectivity index (χ2v) is 8.85. The summed E-state index contributed by atoms with van der Waals surface area (Å²) in [5, 5.41) is 10.5. The van der Waals surface area contributed by atoms with Gasteiger partial charge in [-0.15, -0.1) is 0 Å². The van der Waals surface area contributed by atoms with E-state index in [1.54, 1.807) is 26.0 Å². The highest BCUT2D eigenvalue weighted by molar-refractivity contribution is 5.84. The molecule has 0 aliphatic carbocycles. The van der Waals surface area contributed by atoms with E-state index in [1.807, 2.05) is 42.5 Å². The normalized spacial score (nSPS) is 13.0. The molecule has 36 heavy (non-hydrogen) atoms. The lowest BCUT2D eigenvalue weighted by Gasteiger charge is -2.21. The van der Waals surface area contributed by atoms with Crippen molar-refractivity contribution in [3.63, 3.8) is 0 Å². The maximum atomic E-state index is 13.0. The fourth-order valence-corrected chi connectivity index (χ4v) is 3.65. The summed E-state index contributed by atoms with van der Waals surface area (Å²) in [5.74, 6) is -4.45. The number of aromatic nitrogens is 2. The summed E-state index contributed by atoms with van der Waals surface area (Å²) in [7, 11) is 0. The van der Waals surface area contributed by atoms with Gasteiger partial charge in [0.2, 0.25) is 0 Å². The van der Waals surface area contributed by atoms with Crippen molar-refractivity contribution in [3.05, 3.63) is 83.7 Å². The van der Waals surface area contributed by atoms with Crippen LogP contribution in [0.1, 0.15) is 30.8 Å². The van der Waals surface area contributed by atoms with E-state index in [0.29, 0.717) is 11.4 Å². The second-order valence-electron chi connectivity index (χ2n) is 8.85. The minimum absolute atomic E-state index is 0.0984. The molecule has 2 N–H and O–H groups in total. The van der Waals surface area contributed by atoms with Gasteiger partial charge in [-0.1, -0.05) is 48.5 Å². The Balaban J connectivity index is 1.49. The van der Waals surface area contributed by atoms with Crippen molar-refractivity contribution in [2.24, 2.45) is 0 Å². The topological polar surface area (TPSA) is 58.1 Å². The largest absolute Gasteiger partial charge is 0.487 e. The van der Waals surface area contributed by atoms with Crippen molar-refractivity contribution >= 4 is 23.2 Å². The Bertz CT molecular complexity index is 1380. The van der Waals surface area contributed by atoms with E-state index in [1.165, 1.54) is 24.3 Å². The Morgan fingerprint density at radius 3 is 2.28 bits per heavy atom. The third kappa shape index (κ3) is 5.57. The summed E-state index contributed by atoms with van der Waals surface area (Å²) in [6.07, 6.45) is -2.23. The van der Waals surface area contributed by atoms with Gasteiger partial charge in [0.15, 0.2) is 6.61 Å². The van der Waals surface area contributed by atoms with Gasteiger partial charge in [-0.05, 0) is 66.4 Å². The lowest BCUT2D eigenvalue weighted by atomic mass is 9.89. The van der Waals surface area contributed by atoms with E-state index < -0.39 is 24.3 Å². The summed E-state index contributed by atoms with van der Waals surface area (Å²) in [6, 6.07) is 19.1. The van der Waals surface area contributed by atoms with Crippen LogP contribution >= 0.6 is 0 Å². The monoisotopic (exact) mass is 502 g/mol. The van der Waals surface area contributed by atoms with Gasteiger partial charge in [0.1, 0.15) is 11.6 Å². The lowest BCUT2D eigenvalue weighted by molar-refractivity contribution is -0.290. The standard InChI is InChI=1S/C27H23F5N2O2/c1-25(2,35)21-6-4-3-5-20(21)18-10-13-22-23(15-18)34-24(33-22)14-9-17-7-11-19(12-8-17)36-16-26(28,29)27(30,31)32/h3-15,35H,16H2,1-2H3,(H,33,34). The molecule has 0 amide bonds. The smallest absolute Gasteiger partial charge is 0.456 e. The number of benzene rings is 3. The number of rotatable bonds is 7. The SMILES string of the molecule is CC(C)(O)c1ccccc1-c1ccc2nc(C=Cc3ccc(OCC(F)(F)C(F)(F)F)cc3)[nH]c2c1. The lowest BCUT2D eigenvalue weighted by Crippen LogP contribution is -2.41. The van der Waals surface area contributed by atoms with Gasteiger partial charge in [-0.25, -0.2) is 4.98 Å². The first kappa shape index (κ1) is 25.4. The molecule has 1 aromatic heterocycles. The van der Waals surface area contributed by atoms with Gasteiger partial charge >= 0.3 is 12.1 Å². The molecule has 4 aromatic rings. The molecule has 4 nitrogen and oxygen atoms in total. The van der Waals surface area contributed by atoms with Gasteiger partial charge in [-0.3, -0.25) is 0 Å². The predicted molar refractivity (Wildman–Crippen MR) is 129 cm³/mol. The number of alkyl halides is 5. The Hall–Kier alpha value is -3.72. The van der Waals surface area contributed by atoms with Crippen LogP contribution in [0.2, 0.25) is 0 Å². The summed E-state index contributed by atoms with van der Waals surface area (Å²) in [4.78, 5) is 7.75. The van der Waals surface area contributed by atoms with Crippen LogP contribution < -0.4 is 4.74 Å². The van der Waals surface area contributed by atoms with E-state index in [4.69, 9.17) is 0 Å². The summed E-state index contributed by atoms with van der Waals surface area (Å²) in [6.45, 7) is 1.69. The molecule has 0 saturated heterocycles. The number of halogens is 5. The molecule has 0 unspecified atom stereocenters. The van der Waals surface area contributed by atoms with Gasteiger partial charge in [0, 0.05) is 0 Å². The number of nitrogens with zero attached hydrogens (tertiary/aromatic N) is 1. The van der Waals surface area contributed by atoms with Crippen molar-refractivity contribution in [1.82, 2.24) is 9.97 Å². The van der Waals surface area contributed by atoms with Crippen LogP contribution in [0.3, 0.4) is 0 Å². The van der Waals surface area contributed by atoms with Crippen LogP contribution in [0, 0.1) is 0 Å². The molecule has 0 atom stereocenters. The van der Waals surface area contributed by atoms with Crippen LogP contribution in [0.5, 0.6) is 5.75 Å².